The van der Waals surface area contributed by atoms with Gasteiger partial charge in [-0.3, -0.25) is 0 Å². The maximum absolute atomic E-state index is 13.6. The molecule has 0 saturated heterocycles. The molecule has 1 aliphatic rings. The van der Waals surface area contributed by atoms with Crippen molar-refractivity contribution < 1.29 is 35.8 Å². The molecule has 11 heteroatoms. The standard InChI is InChI=1S/C17H14F6N2O2S/c1-8(2)27-14-4-10(17(21,22)23)9-3-12-13(5-11(9)24-14)26-6-15(28)25(12)7-16(18,19)20/h3-5,8H,6-7H2,1-2H3. The topological polar surface area (TPSA) is 34.6 Å². The minimum absolute atomic E-state index is 0.0346. The Kier molecular flexibility index (Phi) is 5.07. The van der Waals surface area contributed by atoms with E-state index in [9.17, 15) is 26.3 Å². The lowest BCUT2D eigenvalue weighted by molar-refractivity contribution is -0.136. The Morgan fingerprint density at radius 3 is 2.43 bits per heavy atom. The molecule has 0 N–H and O–H groups in total. The van der Waals surface area contributed by atoms with E-state index in [4.69, 9.17) is 21.7 Å². The number of aromatic nitrogens is 1. The van der Waals surface area contributed by atoms with E-state index in [1.807, 2.05) is 0 Å². The van der Waals surface area contributed by atoms with Crippen molar-refractivity contribution in [1.29, 1.82) is 0 Å². The molecule has 152 valence electrons. The van der Waals surface area contributed by atoms with Crippen molar-refractivity contribution in [2.45, 2.75) is 32.3 Å². The minimum Gasteiger partial charge on any atom is -0.484 e. The van der Waals surface area contributed by atoms with E-state index in [0.717, 1.165) is 23.1 Å². The summed E-state index contributed by atoms with van der Waals surface area (Å²) in [4.78, 5) is 4.59. The van der Waals surface area contributed by atoms with Crippen LogP contribution in [0.25, 0.3) is 10.9 Å². The van der Waals surface area contributed by atoms with E-state index in [0.29, 0.717) is 0 Å². The second-order valence-electron chi connectivity index (χ2n) is 6.39. The Morgan fingerprint density at radius 1 is 1.18 bits per heavy atom. The number of nitrogens with zero attached hydrogens (tertiary/aromatic N) is 2. The molecule has 0 bridgehead atoms. The third kappa shape index (κ3) is 4.23. The second kappa shape index (κ2) is 6.94. The molecule has 4 nitrogen and oxygen atoms in total. The summed E-state index contributed by atoms with van der Waals surface area (Å²) >= 11 is 4.91. The molecule has 28 heavy (non-hydrogen) atoms. The zero-order valence-corrected chi connectivity index (χ0v) is 15.4. The molecule has 0 atom stereocenters. The second-order valence-corrected chi connectivity index (χ2v) is 6.86. The van der Waals surface area contributed by atoms with E-state index in [1.54, 1.807) is 13.8 Å². The van der Waals surface area contributed by atoms with Crippen LogP contribution >= 0.6 is 12.2 Å². The first-order valence-corrected chi connectivity index (χ1v) is 8.48. The average Bonchev–Trinajstić information content (AvgIpc) is 2.53. The van der Waals surface area contributed by atoms with Gasteiger partial charge in [0.2, 0.25) is 5.88 Å². The van der Waals surface area contributed by atoms with Gasteiger partial charge in [0.25, 0.3) is 0 Å². The van der Waals surface area contributed by atoms with Crippen molar-refractivity contribution in [1.82, 2.24) is 4.98 Å². The zero-order valence-electron chi connectivity index (χ0n) is 14.6. The molecule has 0 aliphatic carbocycles. The number of ether oxygens (including phenoxy) is 2. The van der Waals surface area contributed by atoms with Gasteiger partial charge in [-0.2, -0.15) is 26.3 Å². The fourth-order valence-electron chi connectivity index (χ4n) is 2.79. The van der Waals surface area contributed by atoms with Crippen molar-refractivity contribution in [3.05, 3.63) is 23.8 Å². The van der Waals surface area contributed by atoms with E-state index < -0.39 is 30.6 Å². The molecule has 0 radical (unpaired) electrons. The van der Waals surface area contributed by atoms with Gasteiger partial charge in [-0.25, -0.2) is 4.98 Å². The van der Waals surface area contributed by atoms with Crippen LogP contribution in [0.5, 0.6) is 11.6 Å². The third-order valence-corrected chi connectivity index (χ3v) is 4.15. The number of pyridine rings is 1. The van der Waals surface area contributed by atoms with Crippen LogP contribution in [0.15, 0.2) is 18.2 Å². The Balaban J connectivity index is 2.22. The Labute approximate surface area is 161 Å². The molecule has 0 amide bonds. The van der Waals surface area contributed by atoms with Crippen molar-refractivity contribution in [3.63, 3.8) is 0 Å². The first kappa shape index (κ1) is 20.4. The number of alkyl halides is 6. The molecule has 0 spiro atoms. The number of thiocarbonyl (C=S) groups is 1. The monoisotopic (exact) mass is 424 g/mol. The number of rotatable bonds is 3. The highest BCUT2D eigenvalue weighted by molar-refractivity contribution is 7.80. The van der Waals surface area contributed by atoms with Crippen molar-refractivity contribution in [3.8, 4) is 11.6 Å². The highest BCUT2D eigenvalue weighted by Crippen LogP contribution is 2.42. The van der Waals surface area contributed by atoms with Gasteiger partial charge in [-0.05, 0) is 19.9 Å². The normalized spacial score (nSPS) is 15.0. The zero-order chi connectivity index (χ0) is 20.9. The lowest BCUT2D eigenvalue weighted by Crippen LogP contribution is -2.43. The van der Waals surface area contributed by atoms with Crippen molar-refractivity contribution in [2.24, 2.45) is 0 Å². The maximum atomic E-state index is 13.6. The molecule has 2 heterocycles. The fourth-order valence-corrected chi connectivity index (χ4v) is 3.01. The summed E-state index contributed by atoms with van der Waals surface area (Å²) in [5.41, 5.74) is -1.37. The van der Waals surface area contributed by atoms with Crippen LogP contribution in [0, 0.1) is 0 Å². The summed E-state index contributed by atoms with van der Waals surface area (Å²) in [6.07, 6.45) is -9.79. The van der Waals surface area contributed by atoms with Crippen LogP contribution in [0.2, 0.25) is 0 Å². The maximum Gasteiger partial charge on any atom is 0.417 e. The van der Waals surface area contributed by atoms with Crippen molar-refractivity contribution in [2.75, 3.05) is 18.1 Å². The van der Waals surface area contributed by atoms with Crippen LogP contribution in [-0.4, -0.2) is 35.4 Å². The predicted molar refractivity (Wildman–Crippen MR) is 94.0 cm³/mol. The summed E-state index contributed by atoms with van der Waals surface area (Å²) in [6, 6.07) is 2.86. The molecule has 1 aromatic heterocycles. The number of fused-ring (bicyclic) bond motifs is 2. The summed E-state index contributed by atoms with van der Waals surface area (Å²) in [5, 5.41) is -0.372. The van der Waals surface area contributed by atoms with Gasteiger partial charge >= 0.3 is 12.4 Å². The summed E-state index contributed by atoms with van der Waals surface area (Å²) in [6.45, 7) is 1.53. The molecular weight excluding hydrogens is 410 g/mol. The fraction of sp³-hybridized carbons (Fsp3) is 0.412. The van der Waals surface area contributed by atoms with Gasteiger partial charge in [0.15, 0.2) is 0 Å². The molecule has 2 aromatic rings. The number of anilines is 1. The van der Waals surface area contributed by atoms with Crippen LogP contribution < -0.4 is 14.4 Å². The van der Waals surface area contributed by atoms with Gasteiger partial charge < -0.3 is 14.4 Å². The largest absolute Gasteiger partial charge is 0.484 e. The quantitative estimate of drug-likeness (QED) is 0.504. The third-order valence-electron chi connectivity index (χ3n) is 3.81. The molecule has 1 aliphatic heterocycles. The summed E-state index contributed by atoms with van der Waals surface area (Å²) in [5.74, 6) is -0.277. The van der Waals surface area contributed by atoms with E-state index in [-0.39, 0.29) is 39.8 Å². The van der Waals surface area contributed by atoms with Crippen LogP contribution in [-0.2, 0) is 6.18 Å². The number of hydrogen-bond donors (Lipinski definition) is 0. The first-order valence-electron chi connectivity index (χ1n) is 8.08. The molecular formula is C17H14F6N2O2S. The van der Waals surface area contributed by atoms with Gasteiger partial charge in [0.05, 0.1) is 22.9 Å². The number of benzene rings is 1. The van der Waals surface area contributed by atoms with Crippen LogP contribution in [0.4, 0.5) is 32.0 Å². The van der Waals surface area contributed by atoms with Crippen molar-refractivity contribution >= 4 is 33.8 Å². The highest BCUT2D eigenvalue weighted by atomic mass is 32.1. The molecule has 3 rings (SSSR count). The lowest BCUT2D eigenvalue weighted by atomic mass is 10.1. The smallest absolute Gasteiger partial charge is 0.417 e. The molecule has 0 unspecified atom stereocenters. The van der Waals surface area contributed by atoms with Gasteiger partial charge in [-0.1, -0.05) is 12.2 Å². The van der Waals surface area contributed by atoms with Crippen LogP contribution in [0.1, 0.15) is 19.4 Å². The lowest BCUT2D eigenvalue weighted by Gasteiger charge is -2.32. The Bertz CT molecular complexity index is 926. The van der Waals surface area contributed by atoms with Gasteiger partial charge in [0, 0.05) is 17.5 Å². The SMILES string of the molecule is CC(C)Oc1cc(C(F)(F)F)c2cc3c(cc2n1)OCC(=S)N3CC(F)(F)F. The predicted octanol–water partition coefficient (Wildman–Crippen LogP) is 5.13. The van der Waals surface area contributed by atoms with E-state index in [2.05, 4.69) is 4.98 Å². The number of halogens is 6. The van der Waals surface area contributed by atoms with Crippen LogP contribution in [0.3, 0.4) is 0 Å². The molecule has 1 aromatic carbocycles. The van der Waals surface area contributed by atoms with E-state index in [1.165, 1.54) is 0 Å². The van der Waals surface area contributed by atoms with Gasteiger partial charge in [0.1, 0.15) is 23.9 Å². The summed E-state index contributed by atoms with van der Waals surface area (Å²) < 4.78 is 90.1. The molecule has 0 fully saturated rings. The summed E-state index contributed by atoms with van der Waals surface area (Å²) in [7, 11) is 0. The number of hydrogen-bond acceptors (Lipinski definition) is 4. The van der Waals surface area contributed by atoms with E-state index >= 15 is 0 Å². The molecule has 0 saturated carbocycles. The average molecular weight is 424 g/mol. The Hall–Kier alpha value is -2.30. The highest BCUT2D eigenvalue weighted by Gasteiger charge is 2.38. The Morgan fingerprint density at radius 2 is 1.86 bits per heavy atom. The first-order chi connectivity index (χ1) is 12.8. The van der Waals surface area contributed by atoms with Gasteiger partial charge in [-0.15, -0.1) is 0 Å². The minimum atomic E-state index is -4.77.